The van der Waals surface area contributed by atoms with E-state index in [1.807, 2.05) is 12.1 Å². The second-order valence-corrected chi connectivity index (χ2v) is 4.94. The Hall–Kier alpha value is -2.02. The van der Waals surface area contributed by atoms with Gasteiger partial charge in [0.05, 0.1) is 17.9 Å². The van der Waals surface area contributed by atoms with Crippen molar-refractivity contribution in [1.29, 1.82) is 5.26 Å². The number of amides is 1. The van der Waals surface area contributed by atoms with Crippen LogP contribution in [0.1, 0.15) is 18.4 Å². The lowest BCUT2D eigenvalue weighted by Gasteiger charge is -2.20. The molecule has 1 fully saturated rings. The normalized spacial score (nSPS) is 19.9. The van der Waals surface area contributed by atoms with Crippen molar-refractivity contribution in [3.8, 4) is 6.07 Å². The van der Waals surface area contributed by atoms with Gasteiger partial charge in [-0.2, -0.15) is 5.26 Å². The Morgan fingerprint density at radius 2 is 2.24 bits per heavy atom. The average Bonchev–Trinajstić information content (AvgIpc) is 3.01. The summed E-state index contributed by atoms with van der Waals surface area (Å²) < 4.78 is 0. The molecule has 0 bridgehead atoms. The van der Waals surface area contributed by atoms with Gasteiger partial charge in [0.1, 0.15) is 0 Å². The summed E-state index contributed by atoms with van der Waals surface area (Å²) in [4.78, 5) is 13.7. The van der Waals surface area contributed by atoms with Gasteiger partial charge in [0.2, 0.25) is 5.91 Å². The number of nitrogens with zero attached hydrogens (tertiary/aromatic N) is 2. The lowest BCUT2D eigenvalue weighted by atomic mass is 10.1. The van der Waals surface area contributed by atoms with Crippen molar-refractivity contribution < 1.29 is 4.79 Å². The summed E-state index contributed by atoms with van der Waals surface area (Å²) in [6, 6.07) is 7.85. The van der Waals surface area contributed by atoms with Gasteiger partial charge >= 0.3 is 0 Å². The van der Waals surface area contributed by atoms with Gasteiger partial charge in [-0.05, 0) is 36.6 Å². The van der Waals surface area contributed by atoms with Gasteiger partial charge in [-0.1, -0.05) is 0 Å². The third-order valence-corrected chi connectivity index (χ3v) is 3.59. The maximum atomic E-state index is 11.9. The molecule has 3 rings (SSSR count). The topological polar surface area (TPSA) is 70.1 Å². The van der Waals surface area contributed by atoms with E-state index in [1.165, 1.54) is 0 Å². The lowest BCUT2D eigenvalue weighted by molar-refractivity contribution is -0.117. The van der Waals surface area contributed by atoms with Gasteiger partial charge in [0.25, 0.3) is 0 Å². The minimum absolute atomic E-state index is 0.0760. The van der Waals surface area contributed by atoms with Crippen LogP contribution in [0.4, 0.5) is 11.4 Å². The minimum Gasteiger partial charge on any atom is -0.399 e. The number of rotatable bonds is 2. The van der Waals surface area contributed by atoms with E-state index in [4.69, 9.17) is 11.0 Å². The second kappa shape index (κ2) is 3.24. The molecule has 2 N–H and O–H groups in total. The summed E-state index contributed by atoms with van der Waals surface area (Å²) in [5.74, 6) is 0.0760. The van der Waals surface area contributed by atoms with Crippen LogP contribution in [-0.2, 0) is 11.2 Å². The molecule has 1 aliphatic carbocycles. The van der Waals surface area contributed by atoms with Crippen molar-refractivity contribution in [2.45, 2.75) is 19.3 Å². The van der Waals surface area contributed by atoms with Crippen LogP contribution in [0, 0.1) is 16.7 Å². The number of carbonyl (C=O) groups excluding carboxylic acids is 1. The van der Waals surface area contributed by atoms with Crippen LogP contribution in [-0.4, -0.2) is 12.5 Å². The molecule has 86 valence electrons. The summed E-state index contributed by atoms with van der Waals surface area (Å²) in [7, 11) is 0. The molecule has 0 spiro atoms. The van der Waals surface area contributed by atoms with Crippen LogP contribution >= 0.6 is 0 Å². The fraction of sp³-hybridized carbons (Fsp3) is 0.385. The fourth-order valence-corrected chi connectivity index (χ4v) is 2.34. The van der Waals surface area contributed by atoms with Crippen LogP contribution in [0.15, 0.2) is 18.2 Å². The number of nitrogen functional groups attached to an aromatic ring is 1. The first kappa shape index (κ1) is 10.2. The highest BCUT2D eigenvalue weighted by molar-refractivity contribution is 6.01. The zero-order valence-corrected chi connectivity index (χ0v) is 9.44. The number of hydrogen-bond donors (Lipinski definition) is 1. The summed E-state index contributed by atoms with van der Waals surface area (Å²) in [5, 5.41) is 9.09. The highest BCUT2D eigenvalue weighted by atomic mass is 16.2. The van der Waals surface area contributed by atoms with Gasteiger partial charge in [-0.25, -0.2) is 0 Å². The van der Waals surface area contributed by atoms with Gasteiger partial charge < -0.3 is 10.6 Å². The molecule has 1 amide bonds. The van der Waals surface area contributed by atoms with Crippen LogP contribution in [0.3, 0.4) is 0 Å². The molecule has 1 aromatic carbocycles. The first-order valence-corrected chi connectivity index (χ1v) is 5.74. The smallest absolute Gasteiger partial charge is 0.231 e. The molecule has 2 aliphatic rings. The molecule has 0 atom stereocenters. The summed E-state index contributed by atoms with van der Waals surface area (Å²) in [6.45, 7) is 0.527. The largest absolute Gasteiger partial charge is 0.399 e. The van der Waals surface area contributed by atoms with Gasteiger partial charge in [0, 0.05) is 17.9 Å². The first-order valence-electron chi connectivity index (χ1n) is 5.74. The summed E-state index contributed by atoms with van der Waals surface area (Å²) in [5.41, 5.74) is 7.99. The average molecular weight is 227 g/mol. The number of fused-ring (bicyclic) bond motifs is 1. The quantitative estimate of drug-likeness (QED) is 0.777. The van der Waals surface area contributed by atoms with Crippen molar-refractivity contribution in [3.05, 3.63) is 23.8 Å². The number of anilines is 2. The number of nitrogens with two attached hydrogens (primary N) is 1. The van der Waals surface area contributed by atoms with Crippen molar-refractivity contribution in [2.75, 3.05) is 17.2 Å². The zero-order valence-electron chi connectivity index (χ0n) is 9.44. The predicted molar refractivity (Wildman–Crippen MR) is 64.2 cm³/mol. The summed E-state index contributed by atoms with van der Waals surface area (Å²) >= 11 is 0. The van der Waals surface area contributed by atoms with E-state index in [1.54, 1.807) is 11.0 Å². The minimum atomic E-state index is -0.293. The second-order valence-electron chi connectivity index (χ2n) is 4.94. The Bertz CT molecular complexity index is 540. The van der Waals surface area contributed by atoms with Crippen LogP contribution in [0.2, 0.25) is 0 Å². The van der Waals surface area contributed by atoms with Crippen molar-refractivity contribution >= 4 is 17.3 Å². The molecule has 17 heavy (non-hydrogen) atoms. The molecular weight excluding hydrogens is 214 g/mol. The van der Waals surface area contributed by atoms with Gasteiger partial charge in [-0.3, -0.25) is 4.79 Å². The number of nitriles is 1. The molecule has 1 saturated carbocycles. The maximum absolute atomic E-state index is 11.9. The Morgan fingerprint density at radius 3 is 2.88 bits per heavy atom. The van der Waals surface area contributed by atoms with Crippen molar-refractivity contribution in [3.63, 3.8) is 0 Å². The molecule has 0 radical (unpaired) electrons. The molecule has 4 heteroatoms. The fourth-order valence-electron chi connectivity index (χ4n) is 2.34. The van der Waals surface area contributed by atoms with Crippen LogP contribution < -0.4 is 10.6 Å². The molecular formula is C13H13N3O. The Labute approximate surface area is 99.6 Å². The maximum Gasteiger partial charge on any atom is 0.231 e. The van der Waals surface area contributed by atoms with Gasteiger partial charge in [0.15, 0.2) is 0 Å². The SMILES string of the molecule is N#CC1(CN2C(=O)Cc3cc(N)ccc32)CC1. The van der Waals surface area contributed by atoms with Gasteiger partial charge in [-0.15, -0.1) is 0 Å². The van der Waals surface area contributed by atoms with E-state index in [0.29, 0.717) is 18.7 Å². The summed E-state index contributed by atoms with van der Waals surface area (Å²) in [6.07, 6.45) is 2.21. The van der Waals surface area contributed by atoms with E-state index in [2.05, 4.69) is 6.07 Å². The molecule has 0 aromatic heterocycles. The predicted octanol–water partition coefficient (Wildman–Crippen LogP) is 1.46. The molecule has 0 saturated heterocycles. The standard InChI is InChI=1S/C13H13N3O/c14-7-13(3-4-13)8-16-11-2-1-10(15)5-9(11)6-12(16)17/h1-2,5H,3-4,6,8,15H2. The highest BCUT2D eigenvalue weighted by Crippen LogP contribution is 2.47. The van der Waals surface area contributed by atoms with Crippen molar-refractivity contribution in [1.82, 2.24) is 0 Å². The molecule has 1 heterocycles. The number of benzene rings is 1. The zero-order chi connectivity index (χ0) is 12.0. The molecule has 0 unspecified atom stereocenters. The van der Waals surface area contributed by atoms with E-state index in [9.17, 15) is 4.79 Å². The molecule has 1 aromatic rings. The van der Waals surface area contributed by atoms with Crippen LogP contribution in [0.5, 0.6) is 0 Å². The first-order chi connectivity index (χ1) is 8.13. The van der Waals surface area contributed by atoms with E-state index in [0.717, 1.165) is 24.1 Å². The van der Waals surface area contributed by atoms with Crippen molar-refractivity contribution in [2.24, 2.45) is 5.41 Å². The lowest BCUT2D eigenvalue weighted by Crippen LogP contribution is -2.32. The number of carbonyl (C=O) groups is 1. The molecule has 4 nitrogen and oxygen atoms in total. The van der Waals surface area contributed by atoms with E-state index >= 15 is 0 Å². The Kier molecular flexibility index (Phi) is 1.93. The Morgan fingerprint density at radius 1 is 1.47 bits per heavy atom. The monoisotopic (exact) mass is 227 g/mol. The van der Waals surface area contributed by atoms with E-state index < -0.39 is 0 Å². The van der Waals surface area contributed by atoms with Crippen LogP contribution in [0.25, 0.3) is 0 Å². The highest BCUT2D eigenvalue weighted by Gasteiger charge is 2.46. The Balaban J connectivity index is 1.92. The number of hydrogen-bond acceptors (Lipinski definition) is 3. The molecule has 1 aliphatic heterocycles. The van der Waals surface area contributed by atoms with E-state index in [-0.39, 0.29) is 11.3 Å². The third kappa shape index (κ3) is 1.55. The third-order valence-electron chi connectivity index (χ3n) is 3.59.